The average molecular weight is 406 g/mol. The van der Waals surface area contributed by atoms with E-state index >= 15 is 0 Å². The van der Waals surface area contributed by atoms with Crippen LogP contribution in [0.15, 0.2) is 30.3 Å². The molecule has 29 heavy (non-hydrogen) atoms. The number of carbonyl (C=O) groups excluding carboxylic acids is 2. The molecule has 1 heterocycles. The van der Waals surface area contributed by atoms with E-state index in [2.05, 4.69) is 15.6 Å². The van der Waals surface area contributed by atoms with Gasteiger partial charge in [-0.2, -0.15) is 0 Å². The highest BCUT2D eigenvalue weighted by atomic mass is 19.3. The average Bonchev–Trinajstić information content (AvgIpc) is 2.64. The summed E-state index contributed by atoms with van der Waals surface area (Å²) in [6.45, 7) is 4.29. The van der Waals surface area contributed by atoms with Gasteiger partial charge in [-0.15, -0.1) is 0 Å². The van der Waals surface area contributed by atoms with E-state index in [0.717, 1.165) is 0 Å². The lowest BCUT2D eigenvalue weighted by Crippen LogP contribution is -2.27. The second-order valence-corrected chi connectivity index (χ2v) is 6.58. The zero-order chi connectivity index (χ0) is 21.6. The minimum atomic E-state index is -2.59. The standard InChI is InChI=1S/C20H24F2N4O3/c1-11-4-16(8-19(24-11)26-13(3)27)20(28)25-12(2)15-5-14(9-23)6-17(7-15)29-10-18(21)22/h4-8,12,18H,9-10,23H2,1-3H3,(H,25,28)(H,24,26,27). The summed E-state index contributed by atoms with van der Waals surface area (Å²) in [5, 5.41) is 5.39. The van der Waals surface area contributed by atoms with Crippen molar-refractivity contribution in [2.24, 2.45) is 5.73 Å². The third-order valence-electron chi connectivity index (χ3n) is 3.97. The molecule has 7 nitrogen and oxygen atoms in total. The molecule has 1 unspecified atom stereocenters. The Kier molecular flexibility index (Phi) is 7.60. The SMILES string of the molecule is CC(=O)Nc1cc(C(=O)NC(C)c2cc(CN)cc(OCC(F)F)c2)cc(C)n1. The van der Waals surface area contributed by atoms with E-state index in [9.17, 15) is 18.4 Å². The number of nitrogens with zero attached hydrogens (tertiary/aromatic N) is 1. The van der Waals surface area contributed by atoms with E-state index in [1.54, 1.807) is 38.1 Å². The molecule has 0 spiro atoms. The van der Waals surface area contributed by atoms with Crippen molar-refractivity contribution in [3.05, 3.63) is 52.7 Å². The maximum atomic E-state index is 12.7. The van der Waals surface area contributed by atoms with Crippen molar-refractivity contribution in [2.45, 2.75) is 39.8 Å². The number of nitrogens with one attached hydrogen (secondary N) is 2. The van der Waals surface area contributed by atoms with Crippen LogP contribution in [-0.4, -0.2) is 29.8 Å². The molecule has 1 aromatic carbocycles. The number of anilines is 1. The summed E-state index contributed by atoms with van der Waals surface area (Å²) in [5.41, 5.74) is 7.94. The number of aromatic nitrogens is 1. The number of benzene rings is 1. The molecule has 0 saturated heterocycles. The Balaban J connectivity index is 2.19. The largest absolute Gasteiger partial charge is 0.488 e. The van der Waals surface area contributed by atoms with Crippen LogP contribution in [0.3, 0.4) is 0 Å². The number of rotatable bonds is 8. The molecule has 1 aromatic heterocycles. The van der Waals surface area contributed by atoms with Crippen molar-refractivity contribution < 1.29 is 23.1 Å². The predicted octanol–water partition coefficient (Wildman–Crippen LogP) is 2.94. The molecule has 156 valence electrons. The van der Waals surface area contributed by atoms with Crippen molar-refractivity contribution in [3.8, 4) is 5.75 Å². The Labute approximate surface area is 167 Å². The van der Waals surface area contributed by atoms with Gasteiger partial charge in [0.15, 0.2) is 0 Å². The van der Waals surface area contributed by atoms with Gasteiger partial charge in [0.05, 0.1) is 6.04 Å². The van der Waals surface area contributed by atoms with Crippen LogP contribution in [0, 0.1) is 6.92 Å². The van der Waals surface area contributed by atoms with Crippen molar-refractivity contribution in [3.63, 3.8) is 0 Å². The molecule has 0 fully saturated rings. The molecule has 0 radical (unpaired) electrons. The minimum Gasteiger partial charge on any atom is -0.488 e. The van der Waals surface area contributed by atoms with Crippen molar-refractivity contribution in [1.29, 1.82) is 0 Å². The highest BCUT2D eigenvalue weighted by Gasteiger charge is 2.15. The Morgan fingerprint density at radius 1 is 1.21 bits per heavy atom. The fourth-order valence-corrected chi connectivity index (χ4v) is 2.70. The van der Waals surface area contributed by atoms with Gasteiger partial charge in [0.25, 0.3) is 12.3 Å². The maximum absolute atomic E-state index is 12.7. The molecule has 0 saturated carbocycles. The predicted molar refractivity (Wildman–Crippen MR) is 105 cm³/mol. The summed E-state index contributed by atoms with van der Waals surface area (Å²) in [6, 6.07) is 7.59. The number of ether oxygens (including phenoxy) is 1. The van der Waals surface area contributed by atoms with Gasteiger partial charge in [-0.25, -0.2) is 13.8 Å². The number of hydrogen-bond acceptors (Lipinski definition) is 5. The molecule has 0 aliphatic carbocycles. The lowest BCUT2D eigenvalue weighted by Gasteiger charge is -2.17. The van der Waals surface area contributed by atoms with Crippen LogP contribution in [0.4, 0.5) is 14.6 Å². The lowest BCUT2D eigenvalue weighted by molar-refractivity contribution is -0.114. The number of alkyl halides is 2. The first-order chi connectivity index (χ1) is 13.7. The molecule has 0 aliphatic rings. The van der Waals surface area contributed by atoms with Gasteiger partial charge in [0, 0.05) is 24.7 Å². The van der Waals surface area contributed by atoms with Gasteiger partial charge in [-0.1, -0.05) is 6.07 Å². The van der Waals surface area contributed by atoms with E-state index in [0.29, 0.717) is 22.4 Å². The summed E-state index contributed by atoms with van der Waals surface area (Å²) >= 11 is 0. The van der Waals surface area contributed by atoms with E-state index in [1.807, 2.05) is 0 Å². The summed E-state index contributed by atoms with van der Waals surface area (Å²) in [6.07, 6.45) is -2.59. The fourth-order valence-electron chi connectivity index (χ4n) is 2.70. The third kappa shape index (κ3) is 6.79. The molecule has 9 heteroatoms. The molecule has 0 aliphatic heterocycles. The van der Waals surface area contributed by atoms with Crippen molar-refractivity contribution in [1.82, 2.24) is 10.3 Å². The van der Waals surface area contributed by atoms with Crippen LogP contribution < -0.4 is 21.1 Å². The Morgan fingerprint density at radius 2 is 1.93 bits per heavy atom. The van der Waals surface area contributed by atoms with Gasteiger partial charge < -0.3 is 21.1 Å². The highest BCUT2D eigenvalue weighted by Crippen LogP contribution is 2.23. The number of halogens is 2. The first-order valence-electron chi connectivity index (χ1n) is 9.00. The Morgan fingerprint density at radius 3 is 2.55 bits per heavy atom. The zero-order valence-corrected chi connectivity index (χ0v) is 16.5. The molecule has 2 rings (SSSR count). The molecule has 0 bridgehead atoms. The molecule has 2 amide bonds. The second-order valence-electron chi connectivity index (χ2n) is 6.58. The normalized spacial score (nSPS) is 11.8. The van der Waals surface area contributed by atoms with E-state index in [4.69, 9.17) is 10.5 Å². The first kappa shape index (κ1) is 22.2. The number of hydrogen-bond donors (Lipinski definition) is 3. The summed E-state index contributed by atoms with van der Waals surface area (Å²) in [4.78, 5) is 28.1. The summed E-state index contributed by atoms with van der Waals surface area (Å²) < 4.78 is 29.9. The summed E-state index contributed by atoms with van der Waals surface area (Å²) in [5.74, 6) is -0.124. The smallest absolute Gasteiger partial charge is 0.272 e. The van der Waals surface area contributed by atoms with Gasteiger partial charge in [-0.05, 0) is 49.2 Å². The Bertz CT molecular complexity index is 890. The number of nitrogens with two attached hydrogens (primary N) is 1. The highest BCUT2D eigenvalue weighted by molar-refractivity contribution is 5.96. The Hall–Kier alpha value is -3.07. The van der Waals surface area contributed by atoms with Crippen molar-refractivity contribution >= 4 is 17.6 Å². The second kappa shape index (κ2) is 9.92. The van der Waals surface area contributed by atoms with Crippen LogP contribution in [0.5, 0.6) is 5.75 Å². The number of pyridine rings is 1. The van der Waals surface area contributed by atoms with Gasteiger partial charge in [-0.3, -0.25) is 9.59 Å². The monoisotopic (exact) mass is 406 g/mol. The zero-order valence-electron chi connectivity index (χ0n) is 16.5. The van der Waals surface area contributed by atoms with Crippen LogP contribution in [-0.2, 0) is 11.3 Å². The van der Waals surface area contributed by atoms with Gasteiger partial charge in [0.1, 0.15) is 18.2 Å². The quantitative estimate of drug-likeness (QED) is 0.625. The number of amides is 2. The topological polar surface area (TPSA) is 106 Å². The van der Waals surface area contributed by atoms with Gasteiger partial charge >= 0.3 is 0 Å². The molecule has 1 atom stereocenters. The van der Waals surface area contributed by atoms with Crippen LogP contribution >= 0.6 is 0 Å². The fraction of sp³-hybridized carbons (Fsp3) is 0.350. The molecule has 4 N–H and O–H groups in total. The number of carbonyl (C=O) groups is 2. The maximum Gasteiger partial charge on any atom is 0.272 e. The van der Waals surface area contributed by atoms with Crippen LogP contribution in [0.2, 0.25) is 0 Å². The van der Waals surface area contributed by atoms with Crippen LogP contribution in [0.25, 0.3) is 0 Å². The lowest BCUT2D eigenvalue weighted by atomic mass is 10.0. The first-order valence-corrected chi connectivity index (χ1v) is 9.00. The van der Waals surface area contributed by atoms with E-state index < -0.39 is 19.1 Å². The van der Waals surface area contributed by atoms with Crippen molar-refractivity contribution in [2.75, 3.05) is 11.9 Å². The molecular weight excluding hydrogens is 382 g/mol. The van der Waals surface area contributed by atoms with Gasteiger partial charge in [0.2, 0.25) is 5.91 Å². The molecular formula is C20H24F2N4O3. The number of aryl methyl sites for hydroxylation is 1. The summed E-state index contributed by atoms with van der Waals surface area (Å²) in [7, 11) is 0. The minimum absolute atomic E-state index is 0.198. The van der Waals surface area contributed by atoms with Crippen LogP contribution in [0.1, 0.15) is 47.1 Å². The van der Waals surface area contributed by atoms with E-state index in [1.165, 1.54) is 13.0 Å². The third-order valence-corrected chi connectivity index (χ3v) is 3.97. The van der Waals surface area contributed by atoms with E-state index in [-0.39, 0.29) is 29.9 Å². The molecule has 2 aromatic rings.